The van der Waals surface area contributed by atoms with Crippen LogP contribution in [0, 0.1) is 29.1 Å². The first-order chi connectivity index (χ1) is 14.3. The van der Waals surface area contributed by atoms with Gasteiger partial charge in [0.15, 0.2) is 0 Å². The number of allylic oxidation sites excluding steroid dienone is 1. The predicted octanol–water partition coefficient (Wildman–Crippen LogP) is 4.86. The van der Waals surface area contributed by atoms with Gasteiger partial charge in [-0.05, 0) is 85.3 Å². The van der Waals surface area contributed by atoms with E-state index in [1.165, 1.54) is 57.3 Å². The third-order valence-electron chi connectivity index (χ3n) is 8.83. The first-order valence-corrected chi connectivity index (χ1v) is 12.3. The van der Waals surface area contributed by atoms with E-state index in [1.807, 2.05) is 0 Å². The molecule has 3 heteroatoms. The molecule has 30 heavy (non-hydrogen) atoms. The molecule has 0 unspecified atom stereocenters. The maximum Gasteiger partial charge on any atom is 0.0818 e. The van der Waals surface area contributed by atoms with Gasteiger partial charge in [0.1, 0.15) is 0 Å². The molecule has 3 aliphatic carbocycles. The number of hydrogen-bond acceptors (Lipinski definition) is 3. The monoisotopic (exact) mass is 411 g/mol. The maximum atomic E-state index is 10.1. The number of aliphatic hydroxyl groups excluding tert-OH is 2. The molecule has 2 N–H and O–H groups in total. The lowest BCUT2D eigenvalue weighted by Crippen LogP contribution is -2.39. The Labute approximate surface area is 183 Å². The van der Waals surface area contributed by atoms with Crippen LogP contribution in [0.3, 0.4) is 0 Å². The Hall–Kier alpha value is -1.08. The van der Waals surface area contributed by atoms with Crippen molar-refractivity contribution in [2.24, 2.45) is 29.1 Å². The Morgan fingerprint density at radius 2 is 2.03 bits per heavy atom. The fourth-order valence-corrected chi connectivity index (χ4v) is 7.18. The van der Waals surface area contributed by atoms with Gasteiger partial charge in [-0.1, -0.05) is 38.8 Å². The van der Waals surface area contributed by atoms with Crippen molar-refractivity contribution < 1.29 is 10.2 Å². The summed E-state index contributed by atoms with van der Waals surface area (Å²) < 4.78 is 0. The van der Waals surface area contributed by atoms with Crippen LogP contribution < -0.4 is 0 Å². The number of aliphatic hydroxyl groups is 2. The van der Waals surface area contributed by atoms with Crippen molar-refractivity contribution in [2.45, 2.75) is 84.3 Å². The zero-order chi connectivity index (χ0) is 21.5. The Kier molecular flexibility index (Phi) is 6.50. The van der Waals surface area contributed by atoms with Gasteiger partial charge in [0.05, 0.1) is 12.2 Å². The van der Waals surface area contributed by atoms with Crippen molar-refractivity contribution in [3.8, 4) is 0 Å². The van der Waals surface area contributed by atoms with Gasteiger partial charge in [-0.2, -0.15) is 0 Å². The van der Waals surface area contributed by atoms with Crippen molar-refractivity contribution in [1.82, 2.24) is 4.90 Å². The van der Waals surface area contributed by atoms with E-state index in [-0.39, 0.29) is 0 Å². The van der Waals surface area contributed by atoms with Crippen LogP contribution in [0.1, 0.15) is 72.1 Å². The van der Waals surface area contributed by atoms with Crippen LogP contribution in [-0.4, -0.2) is 47.0 Å². The van der Waals surface area contributed by atoms with E-state index >= 15 is 0 Å². The van der Waals surface area contributed by atoms with Crippen LogP contribution in [0.2, 0.25) is 0 Å². The molecule has 0 radical (unpaired) electrons. The molecule has 7 atom stereocenters. The topological polar surface area (TPSA) is 43.7 Å². The van der Waals surface area contributed by atoms with Gasteiger partial charge in [-0.3, -0.25) is 0 Å². The van der Waals surface area contributed by atoms with Gasteiger partial charge < -0.3 is 15.1 Å². The molecule has 4 aliphatic rings. The highest BCUT2D eigenvalue weighted by Gasteiger charge is 2.51. The first kappa shape index (κ1) is 22.1. The van der Waals surface area contributed by atoms with Crippen molar-refractivity contribution in [2.75, 3.05) is 19.6 Å². The lowest BCUT2D eigenvalue weighted by Gasteiger charge is -2.44. The second-order valence-electron chi connectivity index (χ2n) is 11.1. The fourth-order valence-electron chi connectivity index (χ4n) is 7.18. The van der Waals surface area contributed by atoms with Crippen molar-refractivity contribution in [1.29, 1.82) is 0 Å². The number of nitrogens with zero attached hydrogens (tertiary/aromatic N) is 1. The molecule has 0 bridgehead atoms. The molecule has 0 aromatic heterocycles. The second-order valence-corrected chi connectivity index (χ2v) is 11.1. The number of likely N-dealkylation sites (tertiary alicyclic amines) is 1. The number of hydrogen-bond donors (Lipinski definition) is 2. The van der Waals surface area contributed by atoms with Gasteiger partial charge >= 0.3 is 0 Å². The summed E-state index contributed by atoms with van der Waals surface area (Å²) in [5.41, 5.74) is 10.2. The molecule has 0 aromatic carbocycles. The minimum Gasteiger partial charge on any atom is -0.393 e. The van der Waals surface area contributed by atoms with Crippen LogP contribution in [0.15, 0.2) is 34.8 Å². The normalized spacial score (nSPS) is 40.8. The van der Waals surface area contributed by atoms with Crippen LogP contribution in [0.5, 0.6) is 0 Å². The zero-order valence-corrected chi connectivity index (χ0v) is 19.3. The van der Waals surface area contributed by atoms with E-state index in [0.29, 0.717) is 29.7 Å². The lowest BCUT2D eigenvalue weighted by atomic mass is 9.61. The van der Waals surface area contributed by atoms with Crippen LogP contribution in [0.4, 0.5) is 0 Å². The second kappa shape index (κ2) is 8.81. The zero-order valence-electron chi connectivity index (χ0n) is 19.3. The molecule has 166 valence electrons. The SMILES string of the molecule is C=C1C(=C=C=C2CCC[C@@]3(C)[C@@H]2CC[C@@H]3[C@@H](C)CN2CC[C@@H](C)C2)C[C@@H](O)C[C@@H]1O. The van der Waals surface area contributed by atoms with Crippen LogP contribution in [0.25, 0.3) is 0 Å². The quantitative estimate of drug-likeness (QED) is 0.652. The average Bonchev–Trinajstić information content (AvgIpc) is 3.25. The standard InChI is InChI=1S/C27H41NO2/c1-18-11-13-28(16-18)17-19(2)24-9-10-25-21(6-5-12-27(24,25)4)7-8-22-14-23(29)15-26(30)20(22)3/h18-19,23-26,29-30H,3,5-6,9-17H2,1-2,4H3/t18-,19+,23-,24-,25-,26+,27-/m1/s1. The average molecular weight is 412 g/mol. The van der Waals surface area contributed by atoms with E-state index in [9.17, 15) is 10.2 Å². The molecule has 1 aliphatic heterocycles. The predicted molar refractivity (Wildman–Crippen MR) is 122 cm³/mol. The van der Waals surface area contributed by atoms with Gasteiger partial charge in [0.25, 0.3) is 0 Å². The summed E-state index contributed by atoms with van der Waals surface area (Å²) >= 11 is 0. The van der Waals surface area contributed by atoms with Crippen LogP contribution in [-0.2, 0) is 0 Å². The summed E-state index contributed by atoms with van der Waals surface area (Å²) in [5.74, 6) is 3.00. The lowest BCUT2D eigenvalue weighted by molar-refractivity contribution is 0.0818. The molecule has 4 rings (SSSR count). The summed E-state index contributed by atoms with van der Waals surface area (Å²) in [6, 6.07) is 0. The summed E-state index contributed by atoms with van der Waals surface area (Å²) in [5, 5.41) is 20.1. The Morgan fingerprint density at radius 1 is 1.23 bits per heavy atom. The van der Waals surface area contributed by atoms with Crippen molar-refractivity contribution >= 4 is 0 Å². The Bertz CT molecular complexity index is 772. The summed E-state index contributed by atoms with van der Waals surface area (Å²) in [7, 11) is 0. The molecule has 0 spiro atoms. The number of fused-ring (bicyclic) bond motifs is 1. The van der Waals surface area contributed by atoms with Gasteiger partial charge in [0, 0.05) is 31.5 Å². The largest absolute Gasteiger partial charge is 0.393 e. The third-order valence-corrected chi connectivity index (χ3v) is 8.83. The van der Waals surface area contributed by atoms with Crippen LogP contribution >= 0.6 is 0 Å². The molecular weight excluding hydrogens is 370 g/mol. The Balaban J connectivity index is 1.54. The van der Waals surface area contributed by atoms with E-state index in [4.69, 9.17) is 0 Å². The smallest absolute Gasteiger partial charge is 0.0818 e. The minimum atomic E-state index is -0.648. The Morgan fingerprint density at radius 3 is 2.77 bits per heavy atom. The molecule has 1 heterocycles. The van der Waals surface area contributed by atoms with Crippen molar-refractivity contribution in [3.63, 3.8) is 0 Å². The van der Waals surface area contributed by atoms with E-state index < -0.39 is 12.2 Å². The van der Waals surface area contributed by atoms with Gasteiger partial charge in [0.2, 0.25) is 0 Å². The minimum absolute atomic E-state index is 0.375. The molecule has 0 aromatic rings. The molecule has 3 nitrogen and oxygen atoms in total. The molecule has 0 amide bonds. The third kappa shape index (κ3) is 4.29. The molecular formula is C27H41NO2. The maximum absolute atomic E-state index is 10.1. The number of rotatable bonds is 3. The summed E-state index contributed by atoms with van der Waals surface area (Å²) in [4.78, 5) is 2.70. The highest BCUT2D eigenvalue weighted by Crippen LogP contribution is 2.59. The fraction of sp³-hybridized carbons (Fsp3) is 0.778. The highest BCUT2D eigenvalue weighted by molar-refractivity contribution is 5.34. The summed E-state index contributed by atoms with van der Waals surface area (Å²) in [6.07, 6.45) is 7.41. The molecule has 3 saturated carbocycles. The van der Waals surface area contributed by atoms with Gasteiger partial charge in [-0.25, -0.2) is 0 Å². The molecule has 4 fully saturated rings. The summed E-state index contributed by atoms with van der Waals surface area (Å²) in [6.45, 7) is 15.3. The van der Waals surface area contributed by atoms with E-state index in [2.05, 4.69) is 43.7 Å². The molecule has 1 saturated heterocycles. The first-order valence-electron chi connectivity index (χ1n) is 12.3. The highest BCUT2D eigenvalue weighted by atomic mass is 16.3. The van der Waals surface area contributed by atoms with E-state index in [0.717, 1.165) is 29.7 Å². The van der Waals surface area contributed by atoms with Gasteiger partial charge in [-0.15, -0.1) is 0 Å². The van der Waals surface area contributed by atoms with Crippen molar-refractivity contribution in [3.05, 3.63) is 34.8 Å². The van der Waals surface area contributed by atoms with E-state index in [1.54, 1.807) is 0 Å².